The summed E-state index contributed by atoms with van der Waals surface area (Å²) in [6, 6.07) is 3.39. The van der Waals surface area contributed by atoms with Crippen molar-refractivity contribution in [3.8, 4) is 0 Å². The van der Waals surface area contributed by atoms with Gasteiger partial charge in [0, 0.05) is 38.4 Å². The zero-order valence-electron chi connectivity index (χ0n) is 16.7. The third kappa shape index (κ3) is 3.56. The molecule has 1 aliphatic heterocycles. The van der Waals surface area contributed by atoms with Gasteiger partial charge in [-0.05, 0) is 17.9 Å². The summed E-state index contributed by atoms with van der Waals surface area (Å²) in [6.07, 6.45) is 1.23. The van der Waals surface area contributed by atoms with Crippen molar-refractivity contribution in [1.29, 1.82) is 0 Å². The summed E-state index contributed by atoms with van der Waals surface area (Å²) in [7, 11) is 2.96. The predicted octanol–water partition coefficient (Wildman–Crippen LogP) is -0.128. The molecule has 0 aliphatic carbocycles. The van der Waals surface area contributed by atoms with Crippen LogP contribution in [-0.4, -0.2) is 48.4 Å². The molecule has 10 nitrogen and oxygen atoms in total. The lowest BCUT2D eigenvalue weighted by molar-refractivity contribution is -0.135. The number of imidazole rings is 1. The van der Waals surface area contributed by atoms with Gasteiger partial charge in [0.15, 0.2) is 5.65 Å². The van der Waals surface area contributed by atoms with Crippen molar-refractivity contribution in [3.05, 3.63) is 49.1 Å². The Labute approximate surface area is 175 Å². The SMILES string of the molecule is Cn1c(=O)c2[nH]c(CCNC(=O)C3CCC(=O)N3Cc3cccs3)nc2n(C)c1=O. The Balaban J connectivity index is 1.41. The molecule has 1 aliphatic rings. The molecule has 0 aromatic carbocycles. The number of amides is 2. The number of fused-ring (bicyclic) bond motifs is 1. The van der Waals surface area contributed by atoms with E-state index in [0.29, 0.717) is 38.2 Å². The Morgan fingerprint density at radius 1 is 1.30 bits per heavy atom. The molecule has 158 valence electrons. The fraction of sp³-hybridized carbons (Fsp3) is 0.421. The summed E-state index contributed by atoms with van der Waals surface area (Å²) in [4.78, 5) is 59.1. The van der Waals surface area contributed by atoms with E-state index < -0.39 is 17.3 Å². The van der Waals surface area contributed by atoms with Gasteiger partial charge in [0.2, 0.25) is 11.8 Å². The van der Waals surface area contributed by atoms with Crippen molar-refractivity contribution in [3.63, 3.8) is 0 Å². The first-order valence-corrected chi connectivity index (χ1v) is 10.5. The van der Waals surface area contributed by atoms with Gasteiger partial charge in [-0.2, -0.15) is 0 Å². The first kappa shape index (κ1) is 20.1. The van der Waals surface area contributed by atoms with Gasteiger partial charge in [0.05, 0.1) is 6.54 Å². The number of nitrogens with one attached hydrogen (secondary N) is 2. The number of aromatic amines is 1. The van der Waals surface area contributed by atoms with E-state index in [1.807, 2.05) is 17.5 Å². The van der Waals surface area contributed by atoms with Crippen LogP contribution in [0.1, 0.15) is 23.5 Å². The Morgan fingerprint density at radius 2 is 2.10 bits per heavy atom. The lowest BCUT2D eigenvalue weighted by atomic mass is 10.2. The second-order valence-corrected chi connectivity index (χ2v) is 8.32. The normalized spacial score (nSPS) is 16.5. The van der Waals surface area contributed by atoms with E-state index in [-0.39, 0.29) is 23.0 Å². The van der Waals surface area contributed by atoms with Crippen molar-refractivity contribution in [2.24, 2.45) is 14.1 Å². The smallest absolute Gasteiger partial charge is 0.332 e. The van der Waals surface area contributed by atoms with Crippen LogP contribution in [0.2, 0.25) is 0 Å². The highest BCUT2D eigenvalue weighted by atomic mass is 32.1. The molecule has 4 heterocycles. The third-order valence-electron chi connectivity index (χ3n) is 5.34. The van der Waals surface area contributed by atoms with E-state index in [9.17, 15) is 19.2 Å². The van der Waals surface area contributed by atoms with E-state index >= 15 is 0 Å². The van der Waals surface area contributed by atoms with Crippen molar-refractivity contribution >= 4 is 34.3 Å². The molecule has 1 fully saturated rings. The fourth-order valence-corrected chi connectivity index (χ4v) is 4.39. The Hall–Kier alpha value is -3.21. The van der Waals surface area contributed by atoms with Gasteiger partial charge < -0.3 is 15.2 Å². The van der Waals surface area contributed by atoms with Gasteiger partial charge in [-0.1, -0.05) is 6.07 Å². The molecule has 0 saturated carbocycles. The molecule has 3 aromatic rings. The predicted molar refractivity (Wildman–Crippen MR) is 111 cm³/mol. The minimum absolute atomic E-state index is 0.0161. The van der Waals surface area contributed by atoms with Crippen LogP contribution < -0.4 is 16.6 Å². The average Bonchev–Trinajstić information content (AvgIpc) is 3.46. The van der Waals surface area contributed by atoms with Gasteiger partial charge in [-0.15, -0.1) is 11.3 Å². The molecular formula is C19H22N6O4S. The monoisotopic (exact) mass is 430 g/mol. The summed E-state index contributed by atoms with van der Waals surface area (Å²) in [5, 5.41) is 4.80. The minimum atomic E-state index is -0.483. The summed E-state index contributed by atoms with van der Waals surface area (Å²) < 4.78 is 2.33. The minimum Gasteiger partial charge on any atom is -0.354 e. The number of H-pyrrole nitrogens is 1. The lowest BCUT2D eigenvalue weighted by Crippen LogP contribution is -2.44. The number of aryl methyl sites for hydroxylation is 1. The van der Waals surface area contributed by atoms with Crippen LogP contribution >= 0.6 is 11.3 Å². The molecule has 30 heavy (non-hydrogen) atoms. The Morgan fingerprint density at radius 3 is 2.83 bits per heavy atom. The van der Waals surface area contributed by atoms with Gasteiger partial charge in [-0.3, -0.25) is 23.5 Å². The van der Waals surface area contributed by atoms with Gasteiger partial charge in [-0.25, -0.2) is 9.78 Å². The number of nitrogens with zero attached hydrogens (tertiary/aromatic N) is 4. The average molecular weight is 430 g/mol. The topological polar surface area (TPSA) is 122 Å². The highest BCUT2D eigenvalue weighted by Crippen LogP contribution is 2.23. The molecule has 0 bridgehead atoms. The van der Waals surface area contributed by atoms with E-state index in [0.717, 1.165) is 9.44 Å². The molecular weight excluding hydrogens is 408 g/mol. The number of aromatic nitrogens is 4. The van der Waals surface area contributed by atoms with Gasteiger partial charge >= 0.3 is 5.69 Å². The molecule has 2 amide bonds. The molecule has 1 saturated heterocycles. The van der Waals surface area contributed by atoms with Crippen LogP contribution in [0.5, 0.6) is 0 Å². The third-order valence-corrected chi connectivity index (χ3v) is 6.20. The van der Waals surface area contributed by atoms with Gasteiger partial charge in [0.25, 0.3) is 5.56 Å². The number of hydrogen-bond donors (Lipinski definition) is 2. The first-order chi connectivity index (χ1) is 14.4. The largest absolute Gasteiger partial charge is 0.354 e. The Bertz CT molecular complexity index is 1220. The highest BCUT2D eigenvalue weighted by Gasteiger charge is 2.35. The first-order valence-electron chi connectivity index (χ1n) is 9.61. The summed E-state index contributed by atoms with van der Waals surface area (Å²) >= 11 is 1.56. The maximum atomic E-state index is 12.7. The zero-order valence-corrected chi connectivity index (χ0v) is 17.5. The molecule has 11 heteroatoms. The molecule has 0 radical (unpaired) electrons. The van der Waals surface area contributed by atoms with E-state index in [2.05, 4.69) is 15.3 Å². The zero-order chi connectivity index (χ0) is 21.4. The van der Waals surface area contributed by atoms with Crippen LogP contribution in [0.4, 0.5) is 0 Å². The summed E-state index contributed by atoms with van der Waals surface area (Å²) in [5.74, 6) is 0.288. The molecule has 0 spiro atoms. The number of hydrogen-bond acceptors (Lipinski definition) is 6. The molecule has 1 unspecified atom stereocenters. The van der Waals surface area contributed by atoms with E-state index in [4.69, 9.17) is 0 Å². The second-order valence-electron chi connectivity index (χ2n) is 7.28. The van der Waals surface area contributed by atoms with Crippen molar-refractivity contribution in [1.82, 2.24) is 29.3 Å². The van der Waals surface area contributed by atoms with Crippen molar-refractivity contribution in [2.45, 2.75) is 31.8 Å². The van der Waals surface area contributed by atoms with Crippen LogP contribution in [-0.2, 0) is 36.6 Å². The van der Waals surface area contributed by atoms with E-state index in [1.165, 1.54) is 11.6 Å². The standard InChI is InChI=1S/C19H22N6O4S/c1-23-16-15(18(28)24(2)19(23)29)21-13(22-16)7-8-20-17(27)12-5-6-14(26)25(12)10-11-4-3-9-30-11/h3-4,9,12H,5-8,10H2,1-2H3,(H,20,27)(H,21,22). The van der Waals surface area contributed by atoms with Crippen molar-refractivity contribution in [2.75, 3.05) is 6.54 Å². The number of likely N-dealkylation sites (tertiary alicyclic amines) is 1. The number of carbonyl (C=O) groups is 2. The maximum absolute atomic E-state index is 12.7. The number of rotatable bonds is 6. The van der Waals surface area contributed by atoms with Crippen LogP contribution in [0.15, 0.2) is 27.1 Å². The molecule has 1 atom stereocenters. The summed E-state index contributed by atoms with van der Waals surface area (Å²) in [5.41, 5.74) is -0.350. The second kappa shape index (κ2) is 7.90. The maximum Gasteiger partial charge on any atom is 0.332 e. The Kier molecular flexibility index (Phi) is 5.29. The highest BCUT2D eigenvalue weighted by molar-refractivity contribution is 7.09. The van der Waals surface area contributed by atoms with Crippen LogP contribution in [0.3, 0.4) is 0 Å². The van der Waals surface area contributed by atoms with Crippen LogP contribution in [0.25, 0.3) is 11.2 Å². The number of carbonyl (C=O) groups excluding carboxylic acids is 2. The van der Waals surface area contributed by atoms with Crippen molar-refractivity contribution < 1.29 is 9.59 Å². The quantitative estimate of drug-likeness (QED) is 0.564. The van der Waals surface area contributed by atoms with Gasteiger partial charge in [0.1, 0.15) is 17.4 Å². The number of thiophene rings is 1. The molecule has 3 aromatic heterocycles. The molecule has 4 rings (SSSR count). The van der Waals surface area contributed by atoms with E-state index in [1.54, 1.807) is 23.3 Å². The lowest BCUT2D eigenvalue weighted by Gasteiger charge is -2.23. The fourth-order valence-electron chi connectivity index (χ4n) is 3.69. The van der Waals surface area contributed by atoms with Crippen LogP contribution in [0, 0.1) is 0 Å². The molecule has 2 N–H and O–H groups in total. The summed E-state index contributed by atoms with van der Waals surface area (Å²) in [6.45, 7) is 0.736.